The number of benzene rings is 2. The molecule has 6 heteroatoms. The Morgan fingerprint density at radius 2 is 1.93 bits per heavy atom. The third kappa shape index (κ3) is 3.90. The highest BCUT2D eigenvalue weighted by atomic mass is 32.2. The molecule has 0 aliphatic heterocycles. The SMILES string of the molecule is CN(C(=O)CSc1nnc(-c2ccccc2)o1)C1CCCc2ccccc21. The second-order valence-corrected chi connectivity index (χ2v) is 7.57. The van der Waals surface area contributed by atoms with Gasteiger partial charge >= 0.3 is 0 Å². The van der Waals surface area contributed by atoms with Crippen LogP contribution >= 0.6 is 11.8 Å². The lowest BCUT2D eigenvalue weighted by Gasteiger charge is -2.33. The molecule has 1 aliphatic rings. The predicted molar refractivity (Wildman–Crippen MR) is 105 cm³/mol. The fraction of sp³-hybridized carbons (Fsp3) is 0.286. The molecule has 0 spiro atoms. The van der Waals surface area contributed by atoms with Gasteiger partial charge in [0.25, 0.3) is 5.22 Å². The molecule has 0 N–H and O–H groups in total. The van der Waals surface area contributed by atoms with Crippen molar-refractivity contribution in [2.45, 2.75) is 30.5 Å². The highest BCUT2D eigenvalue weighted by Crippen LogP contribution is 2.34. The second-order valence-electron chi connectivity index (χ2n) is 6.64. The minimum Gasteiger partial charge on any atom is -0.411 e. The van der Waals surface area contributed by atoms with Gasteiger partial charge in [-0.1, -0.05) is 54.2 Å². The molecule has 4 rings (SSSR count). The first-order valence-electron chi connectivity index (χ1n) is 9.07. The fourth-order valence-corrected chi connectivity index (χ4v) is 4.18. The summed E-state index contributed by atoms with van der Waals surface area (Å²) >= 11 is 1.29. The molecule has 0 fully saturated rings. The Labute approximate surface area is 162 Å². The topological polar surface area (TPSA) is 59.2 Å². The third-order valence-electron chi connectivity index (χ3n) is 4.94. The van der Waals surface area contributed by atoms with Gasteiger partial charge in [-0.15, -0.1) is 10.2 Å². The van der Waals surface area contributed by atoms with Crippen molar-refractivity contribution in [3.8, 4) is 11.5 Å². The van der Waals surface area contributed by atoms with Crippen LogP contribution in [-0.2, 0) is 11.2 Å². The molecule has 0 radical (unpaired) electrons. The maximum Gasteiger partial charge on any atom is 0.277 e. The molecular weight excluding hydrogens is 358 g/mol. The molecule has 2 aromatic carbocycles. The van der Waals surface area contributed by atoms with E-state index in [0.717, 1.165) is 24.8 Å². The second kappa shape index (κ2) is 7.96. The maximum absolute atomic E-state index is 12.7. The van der Waals surface area contributed by atoms with Crippen LogP contribution in [0.2, 0.25) is 0 Å². The Balaban J connectivity index is 1.39. The summed E-state index contributed by atoms with van der Waals surface area (Å²) in [6.07, 6.45) is 3.20. The van der Waals surface area contributed by atoms with Gasteiger partial charge in [0.15, 0.2) is 0 Å². The van der Waals surface area contributed by atoms with E-state index in [9.17, 15) is 4.79 Å². The van der Waals surface area contributed by atoms with Crippen molar-refractivity contribution < 1.29 is 9.21 Å². The summed E-state index contributed by atoms with van der Waals surface area (Å²) < 4.78 is 5.67. The van der Waals surface area contributed by atoms with Gasteiger partial charge in [-0.05, 0) is 42.5 Å². The van der Waals surface area contributed by atoms with Gasteiger partial charge in [0, 0.05) is 12.6 Å². The Morgan fingerprint density at radius 1 is 1.15 bits per heavy atom. The van der Waals surface area contributed by atoms with Crippen LogP contribution in [0.5, 0.6) is 0 Å². The molecule has 1 amide bonds. The number of rotatable bonds is 5. The van der Waals surface area contributed by atoms with Crippen molar-refractivity contribution in [2.75, 3.05) is 12.8 Å². The predicted octanol–water partition coefficient (Wildman–Crippen LogP) is 4.36. The monoisotopic (exact) mass is 379 g/mol. The Bertz CT molecular complexity index is 926. The first-order valence-corrected chi connectivity index (χ1v) is 10.1. The summed E-state index contributed by atoms with van der Waals surface area (Å²) in [7, 11) is 1.89. The quantitative estimate of drug-likeness (QED) is 0.616. The zero-order valence-electron chi connectivity index (χ0n) is 15.2. The van der Waals surface area contributed by atoms with Crippen molar-refractivity contribution in [1.29, 1.82) is 0 Å². The first kappa shape index (κ1) is 17.8. The molecule has 1 aromatic heterocycles. The third-order valence-corrected chi connectivity index (χ3v) is 5.75. The lowest BCUT2D eigenvalue weighted by atomic mass is 9.87. The van der Waals surface area contributed by atoms with Crippen molar-refractivity contribution in [2.24, 2.45) is 0 Å². The zero-order chi connectivity index (χ0) is 18.6. The van der Waals surface area contributed by atoms with Crippen LogP contribution in [0.3, 0.4) is 0 Å². The van der Waals surface area contributed by atoms with Crippen LogP contribution in [0.15, 0.2) is 64.2 Å². The molecule has 0 saturated carbocycles. The largest absolute Gasteiger partial charge is 0.411 e. The van der Waals surface area contributed by atoms with Gasteiger partial charge in [-0.2, -0.15) is 0 Å². The summed E-state index contributed by atoms with van der Waals surface area (Å²) in [5.74, 6) is 0.826. The number of carbonyl (C=O) groups excluding carboxylic acids is 1. The van der Waals surface area contributed by atoms with Crippen LogP contribution in [0.4, 0.5) is 0 Å². The van der Waals surface area contributed by atoms with Crippen LogP contribution < -0.4 is 0 Å². The Morgan fingerprint density at radius 3 is 2.78 bits per heavy atom. The number of carbonyl (C=O) groups is 1. The standard InChI is InChI=1S/C21H21N3O2S/c1-24(18-13-7-11-15-8-5-6-12-17(15)18)19(25)14-27-21-23-22-20(26-21)16-9-3-2-4-10-16/h2-6,8-10,12,18H,7,11,13-14H2,1H3. The molecule has 27 heavy (non-hydrogen) atoms. The van der Waals surface area contributed by atoms with Crippen LogP contribution in [0.1, 0.15) is 30.0 Å². The van der Waals surface area contributed by atoms with E-state index in [-0.39, 0.29) is 17.7 Å². The van der Waals surface area contributed by atoms with E-state index in [2.05, 4.69) is 28.4 Å². The van der Waals surface area contributed by atoms with E-state index in [1.54, 1.807) is 0 Å². The molecule has 138 valence electrons. The molecule has 1 unspecified atom stereocenters. The molecule has 0 saturated heterocycles. The number of hydrogen-bond acceptors (Lipinski definition) is 5. The number of amides is 1. The Kier molecular flexibility index (Phi) is 5.25. The number of aromatic nitrogens is 2. The molecule has 5 nitrogen and oxygen atoms in total. The number of thioether (sulfide) groups is 1. The average molecular weight is 379 g/mol. The number of aryl methyl sites for hydroxylation is 1. The van der Waals surface area contributed by atoms with Gasteiger partial charge in [-0.25, -0.2) is 0 Å². The summed E-state index contributed by atoms with van der Waals surface area (Å²) in [6.45, 7) is 0. The average Bonchev–Trinajstić information content (AvgIpc) is 3.21. The summed E-state index contributed by atoms with van der Waals surface area (Å²) in [5.41, 5.74) is 3.50. The highest BCUT2D eigenvalue weighted by Gasteiger charge is 2.26. The number of fused-ring (bicyclic) bond motifs is 1. The lowest BCUT2D eigenvalue weighted by Crippen LogP contribution is -2.34. The van der Waals surface area contributed by atoms with E-state index in [0.29, 0.717) is 11.1 Å². The summed E-state index contributed by atoms with van der Waals surface area (Å²) in [6, 6.07) is 18.2. The molecule has 3 aromatic rings. The van der Waals surface area contributed by atoms with E-state index in [1.807, 2.05) is 48.3 Å². The van der Waals surface area contributed by atoms with Crippen LogP contribution in [-0.4, -0.2) is 33.8 Å². The minimum atomic E-state index is 0.0705. The fourth-order valence-electron chi connectivity index (χ4n) is 3.50. The van der Waals surface area contributed by atoms with Gasteiger partial charge in [0.1, 0.15) is 0 Å². The normalized spacial score (nSPS) is 16.0. The Hall–Kier alpha value is -2.60. The van der Waals surface area contributed by atoms with Crippen molar-refractivity contribution >= 4 is 17.7 Å². The van der Waals surface area contributed by atoms with E-state index in [1.165, 1.54) is 22.9 Å². The first-order chi connectivity index (χ1) is 13.2. The van der Waals surface area contributed by atoms with Gasteiger partial charge in [0.2, 0.25) is 11.8 Å². The van der Waals surface area contributed by atoms with Gasteiger partial charge in [0.05, 0.1) is 11.8 Å². The molecule has 1 aliphatic carbocycles. The van der Waals surface area contributed by atoms with Crippen molar-refractivity contribution in [3.63, 3.8) is 0 Å². The molecular formula is C21H21N3O2S. The minimum absolute atomic E-state index is 0.0705. The zero-order valence-corrected chi connectivity index (χ0v) is 16.0. The van der Waals surface area contributed by atoms with E-state index in [4.69, 9.17) is 4.42 Å². The van der Waals surface area contributed by atoms with Gasteiger partial charge < -0.3 is 9.32 Å². The van der Waals surface area contributed by atoms with E-state index < -0.39 is 0 Å². The van der Waals surface area contributed by atoms with Crippen molar-refractivity contribution in [1.82, 2.24) is 15.1 Å². The smallest absolute Gasteiger partial charge is 0.277 e. The van der Waals surface area contributed by atoms with Crippen LogP contribution in [0, 0.1) is 0 Å². The van der Waals surface area contributed by atoms with E-state index >= 15 is 0 Å². The number of hydrogen-bond donors (Lipinski definition) is 0. The molecule has 1 heterocycles. The molecule has 0 bridgehead atoms. The number of nitrogens with zero attached hydrogens (tertiary/aromatic N) is 3. The summed E-state index contributed by atoms with van der Waals surface area (Å²) in [4.78, 5) is 14.6. The summed E-state index contributed by atoms with van der Waals surface area (Å²) in [5, 5.41) is 8.53. The maximum atomic E-state index is 12.7. The highest BCUT2D eigenvalue weighted by molar-refractivity contribution is 7.99. The van der Waals surface area contributed by atoms with Crippen LogP contribution in [0.25, 0.3) is 11.5 Å². The lowest BCUT2D eigenvalue weighted by molar-refractivity contribution is -0.129. The van der Waals surface area contributed by atoms with Crippen molar-refractivity contribution in [3.05, 3.63) is 65.7 Å². The molecule has 1 atom stereocenters. The van der Waals surface area contributed by atoms with Gasteiger partial charge in [-0.3, -0.25) is 4.79 Å².